The van der Waals surface area contributed by atoms with Crippen molar-refractivity contribution in [2.75, 3.05) is 20.8 Å². The number of amides is 2. The highest BCUT2D eigenvalue weighted by Crippen LogP contribution is 2.35. The van der Waals surface area contributed by atoms with Crippen LogP contribution in [0.4, 0.5) is 4.79 Å². The zero-order chi connectivity index (χ0) is 19.1. The average molecular weight is 362 g/mol. The molecule has 2 N–H and O–H groups in total. The maximum Gasteiger partial charge on any atom is 0.338 e. The van der Waals surface area contributed by atoms with Crippen LogP contribution in [0.2, 0.25) is 0 Å². The largest absolute Gasteiger partial charge is 0.497 e. The van der Waals surface area contributed by atoms with E-state index in [-0.39, 0.29) is 6.03 Å². The van der Waals surface area contributed by atoms with Crippen LogP contribution in [-0.2, 0) is 9.53 Å². The summed E-state index contributed by atoms with van der Waals surface area (Å²) in [5.41, 5.74) is 1.49. The molecule has 0 aliphatic carbocycles. The maximum atomic E-state index is 12.6. The van der Waals surface area contributed by atoms with Crippen LogP contribution in [0.3, 0.4) is 0 Å². The maximum absolute atomic E-state index is 12.6. The predicted octanol–water partition coefficient (Wildman–Crippen LogP) is 3.07. The number of esters is 1. The molecule has 1 heterocycles. The van der Waals surface area contributed by atoms with Gasteiger partial charge in [0.05, 0.1) is 32.4 Å². The Morgan fingerprint density at radius 1 is 1.19 bits per heavy atom. The van der Waals surface area contributed by atoms with Crippen molar-refractivity contribution in [3.05, 3.63) is 35.0 Å². The molecule has 1 aliphatic rings. The van der Waals surface area contributed by atoms with Crippen molar-refractivity contribution < 1.29 is 23.8 Å². The van der Waals surface area contributed by atoms with Crippen molar-refractivity contribution >= 4 is 12.0 Å². The fraction of sp³-hybridized carbons (Fsp3) is 0.474. The number of hydrogen-bond acceptors (Lipinski definition) is 5. The fourth-order valence-corrected chi connectivity index (χ4v) is 2.85. The van der Waals surface area contributed by atoms with Gasteiger partial charge < -0.3 is 24.8 Å². The summed E-state index contributed by atoms with van der Waals surface area (Å²) in [5.74, 6) is 0.685. The molecule has 0 saturated carbocycles. The number of hydrogen-bond donors (Lipinski definition) is 2. The number of rotatable bonds is 8. The molecule has 0 spiro atoms. The molecule has 26 heavy (non-hydrogen) atoms. The Kier molecular flexibility index (Phi) is 6.89. The molecule has 0 aromatic heterocycles. The summed E-state index contributed by atoms with van der Waals surface area (Å²) < 4.78 is 16.0. The lowest BCUT2D eigenvalue weighted by Crippen LogP contribution is -2.45. The average Bonchev–Trinajstić information content (AvgIpc) is 2.63. The van der Waals surface area contributed by atoms with E-state index in [1.54, 1.807) is 32.2 Å². The molecule has 0 radical (unpaired) electrons. The SMILES string of the molecule is CCCCCOC(=O)C1=C(C)NC(=O)N[C@@H]1c1ccc(OC)cc1OC. The molecule has 1 atom stereocenters. The molecular formula is C19H26N2O5. The lowest BCUT2D eigenvalue weighted by atomic mass is 9.94. The van der Waals surface area contributed by atoms with E-state index >= 15 is 0 Å². The molecule has 142 valence electrons. The smallest absolute Gasteiger partial charge is 0.338 e. The highest BCUT2D eigenvalue weighted by molar-refractivity contribution is 5.95. The van der Waals surface area contributed by atoms with Crippen LogP contribution >= 0.6 is 0 Å². The first-order valence-corrected chi connectivity index (χ1v) is 8.69. The lowest BCUT2D eigenvalue weighted by Gasteiger charge is -2.29. The number of allylic oxidation sites excluding steroid dienone is 1. The topological polar surface area (TPSA) is 85.9 Å². The Bertz CT molecular complexity index is 699. The van der Waals surface area contributed by atoms with E-state index in [1.165, 1.54) is 7.11 Å². The minimum absolute atomic E-state index is 0.351. The summed E-state index contributed by atoms with van der Waals surface area (Å²) >= 11 is 0. The Balaban J connectivity index is 2.33. The van der Waals surface area contributed by atoms with Crippen molar-refractivity contribution in [1.29, 1.82) is 0 Å². The van der Waals surface area contributed by atoms with Crippen molar-refractivity contribution in [1.82, 2.24) is 10.6 Å². The number of carbonyl (C=O) groups excluding carboxylic acids is 2. The van der Waals surface area contributed by atoms with Crippen LogP contribution in [0, 0.1) is 0 Å². The van der Waals surface area contributed by atoms with Crippen molar-refractivity contribution in [3.63, 3.8) is 0 Å². The molecular weight excluding hydrogens is 336 g/mol. The zero-order valence-corrected chi connectivity index (χ0v) is 15.7. The number of carbonyl (C=O) groups is 2. The highest BCUT2D eigenvalue weighted by Gasteiger charge is 2.34. The Morgan fingerprint density at radius 2 is 1.96 bits per heavy atom. The van der Waals surface area contributed by atoms with Crippen LogP contribution in [0.5, 0.6) is 11.5 Å². The summed E-state index contributed by atoms with van der Waals surface area (Å²) in [7, 11) is 3.09. The quantitative estimate of drug-likeness (QED) is 0.548. The third-order valence-corrected chi connectivity index (χ3v) is 4.22. The molecule has 2 rings (SSSR count). The van der Waals surface area contributed by atoms with Gasteiger partial charge in [0.25, 0.3) is 0 Å². The van der Waals surface area contributed by atoms with Crippen LogP contribution in [0.15, 0.2) is 29.5 Å². The van der Waals surface area contributed by atoms with Gasteiger partial charge in [-0.2, -0.15) is 0 Å². The van der Waals surface area contributed by atoms with E-state index in [9.17, 15) is 9.59 Å². The van der Waals surface area contributed by atoms with Crippen molar-refractivity contribution in [3.8, 4) is 11.5 Å². The fourth-order valence-electron chi connectivity index (χ4n) is 2.85. The number of benzene rings is 1. The van der Waals surface area contributed by atoms with E-state index in [4.69, 9.17) is 14.2 Å². The van der Waals surface area contributed by atoms with E-state index < -0.39 is 12.0 Å². The van der Waals surface area contributed by atoms with Crippen LogP contribution < -0.4 is 20.1 Å². The van der Waals surface area contributed by atoms with Crippen molar-refractivity contribution in [2.24, 2.45) is 0 Å². The third-order valence-electron chi connectivity index (χ3n) is 4.22. The zero-order valence-electron chi connectivity index (χ0n) is 15.7. The van der Waals surface area contributed by atoms with E-state index in [0.29, 0.717) is 34.9 Å². The van der Waals surface area contributed by atoms with Gasteiger partial charge in [0.2, 0.25) is 0 Å². The molecule has 1 aliphatic heterocycles. The van der Waals surface area contributed by atoms with Crippen LogP contribution in [0.1, 0.15) is 44.7 Å². The standard InChI is InChI=1S/C19H26N2O5/c1-5-6-7-10-26-18(22)16-12(2)20-19(23)21-17(16)14-9-8-13(24-3)11-15(14)25-4/h8-9,11,17H,5-7,10H2,1-4H3,(H2,20,21,23)/t17-/m1/s1. The Morgan fingerprint density at radius 3 is 2.62 bits per heavy atom. The molecule has 0 saturated heterocycles. The second-order valence-corrected chi connectivity index (χ2v) is 6.02. The summed E-state index contributed by atoms with van der Waals surface area (Å²) in [6.07, 6.45) is 2.85. The summed E-state index contributed by atoms with van der Waals surface area (Å²) in [6.45, 7) is 4.12. The minimum atomic E-state index is -0.664. The number of unbranched alkanes of at least 4 members (excludes halogenated alkanes) is 2. The second kappa shape index (κ2) is 9.12. The summed E-state index contributed by atoms with van der Waals surface area (Å²) in [4.78, 5) is 24.6. The molecule has 2 amide bonds. The van der Waals surface area contributed by atoms with Gasteiger partial charge in [0, 0.05) is 17.3 Å². The Labute approximate surface area is 153 Å². The predicted molar refractivity (Wildman–Crippen MR) is 97.1 cm³/mol. The minimum Gasteiger partial charge on any atom is -0.497 e. The second-order valence-electron chi connectivity index (χ2n) is 6.02. The molecule has 1 aromatic carbocycles. The van der Waals surface area contributed by atoms with Gasteiger partial charge >= 0.3 is 12.0 Å². The molecule has 0 bridgehead atoms. The van der Waals surface area contributed by atoms with Gasteiger partial charge in [-0.3, -0.25) is 0 Å². The van der Waals surface area contributed by atoms with E-state index in [2.05, 4.69) is 17.6 Å². The monoisotopic (exact) mass is 362 g/mol. The number of ether oxygens (including phenoxy) is 3. The number of urea groups is 1. The lowest BCUT2D eigenvalue weighted by molar-refractivity contribution is -0.139. The third kappa shape index (κ3) is 4.47. The first-order chi connectivity index (χ1) is 12.5. The summed E-state index contributed by atoms with van der Waals surface area (Å²) in [6, 6.07) is 4.19. The number of nitrogens with one attached hydrogen (secondary N) is 2. The van der Waals surface area contributed by atoms with Gasteiger partial charge in [-0.1, -0.05) is 19.8 Å². The molecule has 1 aromatic rings. The van der Waals surface area contributed by atoms with Gasteiger partial charge in [0.1, 0.15) is 11.5 Å². The Hall–Kier alpha value is -2.70. The van der Waals surface area contributed by atoms with Crippen LogP contribution in [0.25, 0.3) is 0 Å². The first-order valence-electron chi connectivity index (χ1n) is 8.69. The highest BCUT2D eigenvalue weighted by atomic mass is 16.5. The van der Waals surface area contributed by atoms with Gasteiger partial charge in [-0.25, -0.2) is 9.59 Å². The molecule has 7 heteroatoms. The normalized spacial score (nSPS) is 16.6. The van der Waals surface area contributed by atoms with Gasteiger partial charge in [-0.15, -0.1) is 0 Å². The molecule has 0 fully saturated rings. The molecule has 0 unspecified atom stereocenters. The van der Waals surface area contributed by atoms with E-state index in [0.717, 1.165) is 19.3 Å². The van der Waals surface area contributed by atoms with Crippen molar-refractivity contribution in [2.45, 2.75) is 39.2 Å². The van der Waals surface area contributed by atoms with Crippen LogP contribution in [-0.4, -0.2) is 32.8 Å². The van der Waals surface area contributed by atoms with Gasteiger partial charge in [-0.05, 0) is 25.5 Å². The van der Waals surface area contributed by atoms with E-state index in [1.807, 2.05) is 0 Å². The first kappa shape index (κ1) is 19.6. The number of methoxy groups -OCH3 is 2. The van der Waals surface area contributed by atoms with Gasteiger partial charge in [0.15, 0.2) is 0 Å². The summed E-state index contributed by atoms with van der Waals surface area (Å²) in [5, 5.41) is 5.41. The molecule has 7 nitrogen and oxygen atoms in total.